The minimum atomic E-state index is -4.58. The molecular weight excluding hydrogens is 271 g/mol. The van der Waals surface area contributed by atoms with Gasteiger partial charge in [0.1, 0.15) is 6.10 Å². The summed E-state index contributed by atoms with van der Waals surface area (Å²) in [7, 11) is 1.21. The number of pyridine rings is 1. The molecule has 0 aliphatic heterocycles. The van der Waals surface area contributed by atoms with E-state index in [1.54, 1.807) is 0 Å². The summed E-state index contributed by atoms with van der Waals surface area (Å²) in [5.74, 6) is -0.281. The van der Waals surface area contributed by atoms with Gasteiger partial charge in [0.25, 0.3) is 0 Å². The molecule has 1 rings (SSSR count). The third-order valence-electron chi connectivity index (χ3n) is 2.27. The maximum Gasteiger partial charge on any atom is 0.417 e. The first-order valence-electron chi connectivity index (χ1n) is 4.89. The fourth-order valence-corrected chi connectivity index (χ4v) is 1.51. The van der Waals surface area contributed by atoms with Crippen molar-refractivity contribution in [3.05, 3.63) is 23.4 Å². The molecule has 0 amide bonds. The molecule has 0 saturated carbocycles. The van der Waals surface area contributed by atoms with Crippen molar-refractivity contribution in [1.82, 2.24) is 4.98 Å². The highest BCUT2D eigenvalue weighted by Gasteiger charge is 2.33. The van der Waals surface area contributed by atoms with Crippen LogP contribution in [0.15, 0.2) is 12.3 Å². The Bertz CT molecular complexity index is 414. The lowest BCUT2D eigenvalue weighted by molar-refractivity contribution is -0.138. The smallest absolute Gasteiger partial charge is 0.417 e. The maximum atomic E-state index is 12.5. The van der Waals surface area contributed by atoms with E-state index in [4.69, 9.17) is 4.74 Å². The van der Waals surface area contributed by atoms with E-state index in [1.807, 2.05) is 0 Å². The fraction of sp³-hybridized carbons (Fsp3) is 0.500. The number of aliphatic hydroxyl groups excluding tert-OH is 2. The first kappa shape index (κ1) is 15.1. The van der Waals surface area contributed by atoms with Crippen LogP contribution in [0.2, 0.25) is 0 Å². The molecule has 2 atom stereocenters. The van der Waals surface area contributed by atoms with Crippen LogP contribution in [-0.4, -0.2) is 34.2 Å². The molecule has 4 nitrogen and oxygen atoms in total. The Labute approximate surface area is 107 Å². The number of rotatable bonds is 4. The van der Waals surface area contributed by atoms with Gasteiger partial charge in [-0.2, -0.15) is 25.8 Å². The molecule has 0 aliphatic carbocycles. The predicted octanol–water partition coefficient (Wildman–Crippen LogP) is 1.43. The number of hydrogen-bond acceptors (Lipinski definition) is 5. The van der Waals surface area contributed by atoms with E-state index in [0.29, 0.717) is 12.3 Å². The highest BCUT2D eigenvalue weighted by atomic mass is 32.1. The molecule has 1 aromatic rings. The Balaban J connectivity index is 3.22. The monoisotopic (exact) mass is 283 g/mol. The average molecular weight is 283 g/mol. The highest BCUT2D eigenvalue weighted by molar-refractivity contribution is 7.80. The van der Waals surface area contributed by atoms with E-state index in [9.17, 15) is 23.4 Å². The van der Waals surface area contributed by atoms with Gasteiger partial charge in [-0.05, 0) is 6.07 Å². The van der Waals surface area contributed by atoms with Crippen molar-refractivity contribution < 1.29 is 28.1 Å². The number of thiol groups is 1. The van der Waals surface area contributed by atoms with Crippen LogP contribution in [0.5, 0.6) is 5.88 Å². The third kappa shape index (κ3) is 3.27. The highest BCUT2D eigenvalue weighted by Crippen LogP contribution is 2.34. The Hall–Kier alpha value is -0.990. The summed E-state index contributed by atoms with van der Waals surface area (Å²) in [4.78, 5) is 3.46. The summed E-state index contributed by atoms with van der Waals surface area (Å²) in [5, 5.41) is 19.1. The van der Waals surface area contributed by atoms with Crippen LogP contribution < -0.4 is 4.74 Å². The van der Waals surface area contributed by atoms with Gasteiger partial charge in [0.05, 0.1) is 18.8 Å². The van der Waals surface area contributed by atoms with Gasteiger partial charge in [0.15, 0.2) is 0 Å². The molecule has 0 fully saturated rings. The standard InChI is InChI=1S/C10H12F3NO3S/c1-17-9-6(8(16)7(15)4-18)2-5(3-14-9)10(11,12)13/h2-3,7-8,15-16,18H,4H2,1H3. The number of hydrogen-bond donors (Lipinski definition) is 3. The molecule has 0 radical (unpaired) electrons. The number of aromatic nitrogens is 1. The first-order valence-corrected chi connectivity index (χ1v) is 5.52. The van der Waals surface area contributed by atoms with Crippen molar-refractivity contribution in [2.24, 2.45) is 0 Å². The molecule has 1 aromatic heterocycles. The second-order valence-corrected chi connectivity index (χ2v) is 3.88. The molecule has 0 aromatic carbocycles. The van der Waals surface area contributed by atoms with Crippen molar-refractivity contribution in [3.8, 4) is 5.88 Å². The van der Waals surface area contributed by atoms with E-state index in [0.717, 1.165) is 0 Å². The zero-order valence-corrected chi connectivity index (χ0v) is 10.2. The Morgan fingerprint density at radius 1 is 1.44 bits per heavy atom. The molecule has 2 unspecified atom stereocenters. The SMILES string of the molecule is COc1ncc(C(F)(F)F)cc1C(O)C(O)CS. The van der Waals surface area contributed by atoms with Gasteiger partial charge in [-0.3, -0.25) is 0 Å². The lowest BCUT2D eigenvalue weighted by Gasteiger charge is -2.19. The summed E-state index contributed by atoms with van der Waals surface area (Å²) in [6.45, 7) is 0. The second-order valence-electron chi connectivity index (χ2n) is 3.52. The first-order chi connectivity index (χ1) is 8.31. The van der Waals surface area contributed by atoms with Gasteiger partial charge in [0.2, 0.25) is 5.88 Å². The summed E-state index contributed by atoms with van der Waals surface area (Å²) in [6.07, 6.45) is -6.85. The number of aliphatic hydroxyl groups is 2. The van der Waals surface area contributed by atoms with Crippen molar-refractivity contribution in [2.45, 2.75) is 18.4 Å². The Morgan fingerprint density at radius 2 is 2.06 bits per heavy atom. The predicted molar refractivity (Wildman–Crippen MR) is 60.6 cm³/mol. The van der Waals surface area contributed by atoms with Gasteiger partial charge < -0.3 is 14.9 Å². The van der Waals surface area contributed by atoms with Crippen molar-refractivity contribution in [3.63, 3.8) is 0 Å². The Kier molecular flexibility index (Phi) is 4.83. The van der Waals surface area contributed by atoms with E-state index >= 15 is 0 Å². The largest absolute Gasteiger partial charge is 0.481 e. The third-order valence-corrected chi connectivity index (χ3v) is 2.64. The summed E-state index contributed by atoms with van der Waals surface area (Å²) >= 11 is 3.76. The van der Waals surface area contributed by atoms with Crippen LogP contribution in [0, 0.1) is 0 Å². The number of alkyl halides is 3. The minimum absolute atomic E-state index is 0.111. The van der Waals surface area contributed by atoms with E-state index < -0.39 is 23.9 Å². The van der Waals surface area contributed by atoms with Crippen molar-refractivity contribution >= 4 is 12.6 Å². The molecular formula is C10H12F3NO3S. The summed E-state index contributed by atoms with van der Waals surface area (Å²) in [5.41, 5.74) is -1.25. The van der Waals surface area contributed by atoms with Gasteiger partial charge in [0, 0.05) is 17.5 Å². The molecule has 18 heavy (non-hydrogen) atoms. The van der Waals surface area contributed by atoms with Crippen LogP contribution >= 0.6 is 12.6 Å². The van der Waals surface area contributed by atoms with Crippen LogP contribution in [0.25, 0.3) is 0 Å². The van der Waals surface area contributed by atoms with Crippen LogP contribution in [0.4, 0.5) is 13.2 Å². The fourth-order valence-electron chi connectivity index (χ4n) is 1.31. The molecule has 0 saturated heterocycles. The van der Waals surface area contributed by atoms with Crippen molar-refractivity contribution in [1.29, 1.82) is 0 Å². The quantitative estimate of drug-likeness (QED) is 0.732. The summed E-state index contributed by atoms with van der Waals surface area (Å²) < 4.78 is 42.3. The van der Waals surface area contributed by atoms with Gasteiger partial charge in [-0.1, -0.05) is 0 Å². The molecule has 0 bridgehead atoms. The van der Waals surface area contributed by atoms with Crippen molar-refractivity contribution in [2.75, 3.05) is 12.9 Å². The number of methoxy groups -OCH3 is 1. The Morgan fingerprint density at radius 3 is 2.50 bits per heavy atom. The zero-order valence-electron chi connectivity index (χ0n) is 9.35. The average Bonchev–Trinajstić information content (AvgIpc) is 2.35. The molecule has 0 aliphatic rings. The molecule has 102 valence electrons. The normalized spacial score (nSPS) is 15.3. The molecule has 0 spiro atoms. The van der Waals surface area contributed by atoms with E-state index in [2.05, 4.69) is 17.6 Å². The van der Waals surface area contributed by atoms with Crippen LogP contribution in [0.3, 0.4) is 0 Å². The lowest BCUT2D eigenvalue weighted by atomic mass is 10.0. The van der Waals surface area contributed by atoms with Gasteiger partial charge in [-0.15, -0.1) is 0 Å². The topological polar surface area (TPSA) is 62.6 Å². The van der Waals surface area contributed by atoms with Crippen LogP contribution in [-0.2, 0) is 6.18 Å². The minimum Gasteiger partial charge on any atom is -0.481 e. The lowest BCUT2D eigenvalue weighted by Crippen LogP contribution is -2.21. The molecule has 8 heteroatoms. The van der Waals surface area contributed by atoms with Gasteiger partial charge in [-0.25, -0.2) is 4.98 Å². The van der Waals surface area contributed by atoms with Gasteiger partial charge >= 0.3 is 6.18 Å². The van der Waals surface area contributed by atoms with Crippen LogP contribution in [0.1, 0.15) is 17.2 Å². The van der Waals surface area contributed by atoms with E-state index in [-0.39, 0.29) is 17.2 Å². The zero-order chi connectivity index (χ0) is 13.9. The maximum absolute atomic E-state index is 12.5. The molecule has 1 heterocycles. The molecule has 2 N–H and O–H groups in total. The number of nitrogens with zero attached hydrogens (tertiary/aromatic N) is 1. The van der Waals surface area contributed by atoms with E-state index in [1.165, 1.54) is 7.11 Å². The summed E-state index contributed by atoms with van der Waals surface area (Å²) in [6, 6.07) is 0.698. The number of ether oxygens (including phenoxy) is 1. The second kappa shape index (κ2) is 5.77. The number of halogens is 3.